The highest BCUT2D eigenvalue weighted by Crippen LogP contribution is 2.28. The first-order valence-corrected chi connectivity index (χ1v) is 12.5. The van der Waals surface area contributed by atoms with Gasteiger partial charge in [-0.3, -0.25) is 4.99 Å². The average molecular weight is 426 g/mol. The standard InChI is InChI=1S/C21H35N3O4S/c1-17(2)28-20-10-8-19(9-11-20)24-21(23-13-5-15-29(3,25)26)22-12-4-14-27-16-18-6-7-18/h8-11,17-18H,4-7,12-16H2,1-3H3,(H2,22,23,24). The van der Waals surface area contributed by atoms with E-state index < -0.39 is 9.84 Å². The van der Waals surface area contributed by atoms with Crippen molar-refractivity contribution >= 4 is 21.5 Å². The predicted molar refractivity (Wildman–Crippen MR) is 119 cm³/mol. The molecule has 2 rings (SSSR count). The Labute approximate surface area is 175 Å². The molecule has 0 spiro atoms. The fraction of sp³-hybridized carbons (Fsp3) is 0.667. The molecule has 0 aromatic heterocycles. The van der Waals surface area contributed by atoms with Crippen molar-refractivity contribution in [1.82, 2.24) is 5.32 Å². The first-order chi connectivity index (χ1) is 13.8. The van der Waals surface area contributed by atoms with Crippen LogP contribution in [0.3, 0.4) is 0 Å². The molecular weight excluding hydrogens is 390 g/mol. The molecule has 7 nitrogen and oxygen atoms in total. The maximum atomic E-state index is 11.3. The van der Waals surface area contributed by atoms with Gasteiger partial charge in [-0.15, -0.1) is 0 Å². The number of hydrogen-bond donors (Lipinski definition) is 2. The number of ether oxygens (including phenoxy) is 2. The summed E-state index contributed by atoms with van der Waals surface area (Å²) >= 11 is 0. The zero-order chi connectivity index (χ0) is 21.1. The van der Waals surface area contributed by atoms with Gasteiger partial charge in [-0.25, -0.2) is 8.42 Å². The summed E-state index contributed by atoms with van der Waals surface area (Å²) in [6.45, 7) is 6.76. The second-order valence-electron chi connectivity index (χ2n) is 7.83. The van der Waals surface area contributed by atoms with Gasteiger partial charge in [0.15, 0.2) is 5.96 Å². The van der Waals surface area contributed by atoms with E-state index in [9.17, 15) is 8.42 Å². The van der Waals surface area contributed by atoms with Gasteiger partial charge in [-0.2, -0.15) is 0 Å². The van der Waals surface area contributed by atoms with E-state index in [1.54, 1.807) is 0 Å². The molecule has 0 amide bonds. The highest BCUT2D eigenvalue weighted by molar-refractivity contribution is 7.90. The molecule has 0 heterocycles. The summed E-state index contributed by atoms with van der Waals surface area (Å²) < 4.78 is 33.9. The fourth-order valence-electron chi connectivity index (χ4n) is 2.60. The van der Waals surface area contributed by atoms with Gasteiger partial charge in [-0.1, -0.05) is 0 Å². The molecule has 0 saturated heterocycles. The van der Waals surface area contributed by atoms with Crippen molar-refractivity contribution in [3.8, 4) is 5.75 Å². The number of benzene rings is 1. The summed E-state index contributed by atoms with van der Waals surface area (Å²) in [7, 11) is -2.97. The van der Waals surface area contributed by atoms with E-state index in [-0.39, 0.29) is 11.9 Å². The number of guanidine groups is 1. The number of sulfone groups is 1. The third-order valence-electron chi connectivity index (χ3n) is 4.24. The zero-order valence-corrected chi connectivity index (χ0v) is 18.6. The largest absolute Gasteiger partial charge is 0.491 e. The SMILES string of the molecule is CC(C)Oc1ccc(NC(=NCCCS(C)(=O)=O)NCCCOCC2CC2)cc1. The molecule has 8 heteroatoms. The lowest BCUT2D eigenvalue weighted by molar-refractivity contribution is 0.123. The molecule has 1 aliphatic rings. The molecule has 0 bridgehead atoms. The smallest absolute Gasteiger partial charge is 0.195 e. The first-order valence-electron chi connectivity index (χ1n) is 10.4. The van der Waals surface area contributed by atoms with Crippen molar-refractivity contribution < 1.29 is 17.9 Å². The highest BCUT2D eigenvalue weighted by atomic mass is 32.2. The molecule has 1 aliphatic carbocycles. The molecule has 0 atom stereocenters. The van der Waals surface area contributed by atoms with Crippen LogP contribution in [0.25, 0.3) is 0 Å². The molecular formula is C21H35N3O4S. The summed E-state index contributed by atoms with van der Waals surface area (Å²) in [5, 5.41) is 6.56. The lowest BCUT2D eigenvalue weighted by Gasteiger charge is -2.14. The van der Waals surface area contributed by atoms with Gasteiger partial charge >= 0.3 is 0 Å². The summed E-state index contributed by atoms with van der Waals surface area (Å²) in [4.78, 5) is 4.51. The van der Waals surface area contributed by atoms with Gasteiger partial charge in [-0.05, 0) is 69.7 Å². The van der Waals surface area contributed by atoms with Gasteiger partial charge in [0.2, 0.25) is 0 Å². The van der Waals surface area contributed by atoms with Crippen molar-refractivity contribution in [2.75, 3.05) is 43.6 Å². The van der Waals surface area contributed by atoms with E-state index in [2.05, 4.69) is 15.6 Å². The monoisotopic (exact) mass is 425 g/mol. The maximum absolute atomic E-state index is 11.3. The van der Waals surface area contributed by atoms with E-state index in [0.717, 1.165) is 43.5 Å². The van der Waals surface area contributed by atoms with Crippen LogP contribution in [-0.4, -0.2) is 58.8 Å². The van der Waals surface area contributed by atoms with Crippen LogP contribution in [0, 0.1) is 5.92 Å². The highest BCUT2D eigenvalue weighted by Gasteiger charge is 2.20. The number of nitrogens with one attached hydrogen (secondary N) is 2. The Morgan fingerprint density at radius 2 is 1.93 bits per heavy atom. The van der Waals surface area contributed by atoms with Crippen LogP contribution in [0.1, 0.15) is 39.5 Å². The molecule has 0 radical (unpaired) electrons. The third kappa shape index (κ3) is 11.7. The number of anilines is 1. The lowest BCUT2D eigenvalue weighted by atomic mass is 10.3. The van der Waals surface area contributed by atoms with Crippen molar-refractivity contribution in [2.24, 2.45) is 10.9 Å². The number of hydrogen-bond acceptors (Lipinski definition) is 5. The van der Waals surface area contributed by atoms with Gasteiger partial charge in [0.05, 0.1) is 11.9 Å². The molecule has 1 saturated carbocycles. The van der Waals surface area contributed by atoms with E-state index in [1.807, 2.05) is 38.1 Å². The summed E-state index contributed by atoms with van der Waals surface area (Å²) in [5.74, 6) is 2.37. The topological polar surface area (TPSA) is 89.0 Å². The summed E-state index contributed by atoms with van der Waals surface area (Å²) in [6, 6.07) is 7.69. The van der Waals surface area contributed by atoms with Crippen molar-refractivity contribution in [3.05, 3.63) is 24.3 Å². The van der Waals surface area contributed by atoms with Crippen molar-refractivity contribution in [1.29, 1.82) is 0 Å². The van der Waals surface area contributed by atoms with E-state index in [1.165, 1.54) is 19.1 Å². The average Bonchev–Trinajstić information content (AvgIpc) is 3.46. The number of nitrogens with zero attached hydrogens (tertiary/aromatic N) is 1. The quantitative estimate of drug-likeness (QED) is 0.287. The minimum atomic E-state index is -2.97. The number of aliphatic imine (C=N–C) groups is 1. The molecule has 1 aromatic rings. The predicted octanol–water partition coefficient (Wildman–Crippen LogP) is 3.08. The molecule has 1 fully saturated rings. The van der Waals surface area contributed by atoms with E-state index in [0.29, 0.717) is 18.9 Å². The molecule has 29 heavy (non-hydrogen) atoms. The minimum Gasteiger partial charge on any atom is -0.491 e. The van der Waals surface area contributed by atoms with Crippen LogP contribution < -0.4 is 15.4 Å². The lowest BCUT2D eigenvalue weighted by Crippen LogP contribution is -2.32. The normalized spacial score (nSPS) is 14.8. The van der Waals surface area contributed by atoms with Crippen LogP contribution in [-0.2, 0) is 14.6 Å². The van der Waals surface area contributed by atoms with Crippen molar-refractivity contribution in [2.45, 2.75) is 45.6 Å². The number of rotatable bonds is 13. The van der Waals surface area contributed by atoms with Crippen LogP contribution >= 0.6 is 0 Å². The third-order valence-corrected chi connectivity index (χ3v) is 5.27. The second-order valence-corrected chi connectivity index (χ2v) is 10.1. The van der Waals surface area contributed by atoms with Crippen LogP contribution in [0.15, 0.2) is 29.3 Å². The summed E-state index contributed by atoms with van der Waals surface area (Å²) in [5.41, 5.74) is 0.889. The van der Waals surface area contributed by atoms with E-state index in [4.69, 9.17) is 9.47 Å². The molecule has 2 N–H and O–H groups in total. The minimum absolute atomic E-state index is 0.129. The van der Waals surface area contributed by atoms with E-state index >= 15 is 0 Å². The van der Waals surface area contributed by atoms with Crippen LogP contribution in [0.2, 0.25) is 0 Å². The van der Waals surface area contributed by atoms with Crippen LogP contribution in [0.5, 0.6) is 5.75 Å². The van der Waals surface area contributed by atoms with Gasteiger partial charge in [0.25, 0.3) is 0 Å². The van der Waals surface area contributed by atoms with Gasteiger partial charge in [0.1, 0.15) is 15.6 Å². The summed E-state index contributed by atoms with van der Waals surface area (Å²) in [6.07, 6.45) is 5.36. The molecule has 0 aliphatic heterocycles. The Hall–Kier alpha value is -1.80. The van der Waals surface area contributed by atoms with Crippen LogP contribution in [0.4, 0.5) is 5.69 Å². The zero-order valence-electron chi connectivity index (χ0n) is 17.8. The maximum Gasteiger partial charge on any atom is 0.195 e. The fourth-order valence-corrected chi connectivity index (χ4v) is 3.25. The first kappa shape index (κ1) is 23.5. The molecule has 1 aromatic carbocycles. The Balaban J connectivity index is 1.82. The Morgan fingerprint density at radius 1 is 1.21 bits per heavy atom. The van der Waals surface area contributed by atoms with Gasteiger partial charge < -0.3 is 20.1 Å². The Morgan fingerprint density at radius 3 is 2.55 bits per heavy atom. The Bertz CT molecular complexity index is 729. The molecule has 164 valence electrons. The van der Waals surface area contributed by atoms with Crippen molar-refractivity contribution in [3.63, 3.8) is 0 Å². The second kappa shape index (κ2) is 12.0. The van der Waals surface area contributed by atoms with Gasteiger partial charge in [0, 0.05) is 38.2 Å². The molecule has 0 unspecified atom stereocenters. The Kier molecular flexibility index (Phi) is 9.73.